The van der Waals surface area contributed by atoms with Crippen molar-refractivity contribution >= 4 is 34.6 Å². The zero-order chi connectivity index (χ0) is 13.9. The highest BCUT2D eigenvalue weighted by Gasteiger charge is 2.21. The summed E-state index contributed by atoms with van der Waals surface area (Å²) in [5.74, 6) is 0. The maximum atomic E-state index is 10.9. The SMILES string of the molecule is CC(C)(CO)CNc1cc(Cl)c(Cl)cc1[N+](=O)[O-]. The van der Waals surface area contributed by atoms with E-state index >= 15 is 0 Å². The Morgan fingerprint density at radius 3 is 2.44 bits per heavy atom. The van der Waals surface area contributed by atoms with E-state index in [1.54, 1.807) is 0 Å². The van der Waals surface area contributed by atoms with E-state index in [4.69, 9.17) is 28.3 Å². The summed E-state index contributed by atoms with van der Waals surface area (Å²) in [7, 11) is 0. The molecule has 0 heterocycles. The molecule has 0 radical (unpaired) electrons. The summed E-state index contributed by atoms with van der Waals surface area (Å²) >= 11 is 11.6. The number of hydrogen-bond donors (Lipinski definition) is 2. The molecule has 0 aliphatic rings. The number of aliphatic hydroxyl groups is 1. The molecule has 0 amide bonds. The lowest BCUT2D eigenvalue weighted by Gasteiger charge is -2.22. The van der Waals surface area contributed by atoms with Crippen LogP contribution < -0.4 is 5.32 Å². The summed E-state index contributed by atoms with van der Waals surface area (Å²) in [6.07, 6.45) is 0. The van der Waals surface area contributed by atoms with Crippen LogP contribution in [0.2, 0.25) is 10.0 Å². The maximum absolute atomic E-state index is 10.9. The van der Waals surface area contributed by atoms with E-state index in [-0.39, 0.29) is 33.4 Å². The van der Waals surface area contributed by atoms with Crippen LogP contribution in [0.4, 0.5) is 11.4 Å². The molecule has 0 aromatic heterocycles. The summed E-state index contributed by atoms with van der Waals surface area (Å²) in [4.78, 5) is 10.4. The van der Waals surface area contributed by atoms with Gasteiger partial charge in [0.05, 0.1) is 15.0 Å². The molecule has 0 aliphatic heterocycles. The lowest BCUT2D eigenvalue weighted by atomic mass is 9.95. The average molecular weight is 293 g/mol. The lowest BCUT2D eigenvalue weighted by molar-refractivity contribution is -0.383. The fourth-order valence-corrected chi connectivity index (χ4v) is 1.54. The standard InChI is InChI=1S/C11H14Cl2N2O3/c1-11(2,6-16)5-14-9-3-7(12)8(13)4-10(9)15(17)18/h3-4,14,16H,5-6H2,1-2H3. The molecule has 0 aliphatic carbocycles. The molecule has 18 heavy (non-hydrogen) atoms. The molecule has 1 aromatic carbocycles. The Hall–Kier alpha value is -1.04. The predicted octanol–water partition coefficient (Wildman–Crippen LogP) is 3.33. The molecular formula is C11H14Cl2N2O3. The number of rotatable bonds is 5. The third kappa shape index (κ3) is 3.73. The van der Waals surface area contributed by atoms with Crippen LogP contribution in [0.25, 0.3) is 0 Å². The average Bonchev–Trinajstić information content (AvgIpc) is 2.30. The zero-order valence-corrected chi connectivity index (χ0v) is 11.5. The van der Waals surface area contributed by atoms with Crippen LogP contribution in [0, 0.1) is 15.5 Å². The number of nitro benzene ring substituents is 1. The van der Waals surface area contributed by atoms with Crippen molar-refractivity contribution in [2.75, 3.05) is 18.5 Å². The van der Waals surface area contributed by atoms with Crippen LogP contribution >= 0.6 is 23.2 Å². The third-order valence-electron chi connectivity index (χ3n) is 2.42. The monoisotopic (exact) mass is 292 g/mol. The number of aliphatic hydroxyl groups excluding tert-OH is 1. The van der Waals surface area contributed by atoms with Crippen LogP contribution in [0.1, 0.15) is 13.8 Å². The van der Waals surface area contributed by atoms with E-state index in [9.17, 15) is 10.1 Å². The first kappa shape index (κ1) is 15.0. The van der Waals surface area contributed by atoms with Crippen LogP contribution in [0.15, 0.2) is 12.1 Å². The highest BCUT2D eigenvalue weighted by Crippen LogP contribution is 2.34. The van der Waals surface area contributed by atoms with E-state index < -0.39 is 4.92 Å². The molecule has 0 spiro atoms. The van der Waals surface area contributed by atoms with Crippen LogP contribution in [-0.2, 0) is 0 Å². The molecule has 0 bridgehead atoms. The topological polar surface area (TPSA) is 75.4 Å². The van der Waals surface area contributed by atoms with Crippen LogP contribution in [-0.4, -0.2) is 23.2 Å². The van der Waals surface area contributed by atoms with Crippen molar-refractivity contribution in [1.82, 2.24) is 0 Å². The number of nitro groups is 1. The summed E-state index contributed by atoms with van der Waals surface area (Å²) in [5, 5.41) is 23.3. The van der Waals surface area contributed by atoms with Gasteiger partial charge in [0, 0.05) is 24.6 Å². The Morgan fingerprint density at radius 2 is 1.94 bits per heavy atom. The van der Waals surface area contributed by atoms with Crippen molar-refractivity contribution < 1.29 is 10.0 Å². The maximum Gasteiger partial charge on any atom is 0.293 e. The summed E-state index contributed by atoms with van der Waals surface area (Å²) < 4.78 is 0. The zero-order valence-electron chi connectivity index (χ0n) is 10.0. The first-order valence-corrected chi connectivity index (χ1v) is 6.00. The van der Waals surface area contributed by atoms with Gasteiger partial charge in [0.25, 0.3) is 5.69 Å². The smallest absolute Gasteiger partial charge is 0.293 e. The normalized spacial score (nSPS) is 11.4. The Kier molecular flexibility index (Phi) is 4.78. The second-order valence-corrected chi connectivity index (χ2v) is 5.53. The second kappa shape index (κ2) is 5.73. The van der Waals surface area contributed by atoms with Gasteiger partial charge in [0.15, 0.2) is 0 Å². The van der Waals surface area contributed by atoms with Gasteiger partial charge >= 0.3 is 0 Å². The van der Waals surface area contributed by atoms with Crippen LogP contribution in [0.3, 0.4) is 0 Å². The van der Waals surface area contributed by atoms with Gasteiger partial charge < -0.3 is 10.4 Å². The quantitative estimate of drug-likeness (QED) is 0.645. The van der Waals surface area contributed by atoms with E-state index in [0.29, 0.717) is 6.54 Å². The molecule has 7 heteroatoms. The Labute approximate surface area is 115 Å². The second-order valence-electron chi connectivity index (χ2n) is 4.72. The van der Waals surface area contributed by atoms with Crippen LogP contribution in [0.5, 0.6) is 0 Å². The van der Waals surface area contributed by atoms with Gasteiger partial charge in [-0.25, -0.2) is 0 Å². The summed E-state index contributed by atoms with van der Waals surface area (Å²) in [6, 6.07) is 2.62. The van der Waals surface area contributed by atoms with Gasteiger partial charge in [-0.2, -0.15) is 0 Å². The van der Waals surface area contributed by atoms with Crippen molar-refractivity contribution in [2.45, 2.75) is 13.8 Å². The third-order valence-corrected chi connectivity index (χ3v) is 3.14. The van der Waals surface area contributed by atoms with Gasteiger partial charge in [0.2, 0.25) is 0 Å². The predicted molar refractivity (Wildman–Crippen MR) is 72.5 cm³/mol. The highest BCUT2D eigenvalue weighted by atomic mass is 35.5. The molecule has 5 nitrogen and oxygen atoms in total. The number of nitrogens with one attached hydrogen (secondary N) is 1. The fraction of sp³-hybridized carbons (Fsp3) is 0.455. The van der Waals surface area contributed by atoms with E-state index in [1.807, 2.05) is 13.8 Å². The minimum atomic E-state index is -0.531. The van der Waals surface area contributed by atoms with Gasteiger partial charge in [-0.3, -0.25) is 10.1 Å². The molecule has 1 aromatic rings. The van der Waals surface area contributed by atoms with Gasteiger partial charge in [-0.1, -0.05) is 37.0 Å². The molecule has 0 fully saturated rings. The van der Waals surface area contributed by atoms with Crippen molar-refractivity contribution in [3.63, 3.8) is 0 Å². The molecule has 0 unspecified atom stereocenters. The number of hydrogen-bond acceptors (Lipinski definition) is 4. The number of benzene rings is 1. The van der Waals surface area contributed by atoms with Gasteiger partial charge in [0.1, 0.15) is 5.69 Å². The number of anilines is 1. The molecule has 0 atom stereocenters. The van der Waals surface area contributed by atoms with Crippen molar-refractivity contribution in [3.05, 3.63) is 32.3 Å². The summed E-state index contributed by atoms with van der Waals surface area (Å²) in [5.41, 5.74) is -0.242. The van der Waals surface area contributed by atoms with Crippen molar-refractivity contribution in [1.29, 1.82) is 0 Å². The largest absolute Gasteiger partial charge is 0.396 e. The number of nitrogens with zero attached hydrogens (tertiary/aromatic N) is 1. The molecule has 0 saturated carbocycles. The van der Waals surface area contributed by atoms with Crippen molar-refractivity contribution in [3.8, 4) is 0 Å². The van der Waals surface area contributed by atoms with E-state index in [1.165, 1.54) is 12.1 Å². The highest BCUT2D eigenvalue weighted by molar-refractivity contribution is 6.42. The molecule has 100 valence electrons. The lowest BCUT2D eigenvalue weighted by Crippen LogP contribution is -2.27. The van der Waals surface area contributed by atoms with E-state index in [0.717, 1.165) is 0 Å². The Balaban J connectivity index is 3.01. The first-order chi connectivity index (χ1) is 8.26. The van der Waals surface area contributed by atoms with E-state index in [2.05, 4.69) is 5.32 Å². The minimum Gasteiger partial charge on any atom is -0.396 e. The number of halogens is 2. The first-order valence-electron chi connectivity index (χ1n) is 5.25. The van der Waals surface area contributed by atoms with Gasteiger partial charge in [-0.15, -0.1) is 0 Å². The molecule has 1 rings (SSSR count). The molecule has 2 N–H and O–H groups in total. The Morgan fingerprint density at radius 1 is 1.39 bits per heavy atom. The molecule has 0 saturated heterocycles. The minimum absolute atomic E-state index is 0.0326. The summed E-state index contributed by atoms with van der Waals surface area (Å²) in [6.45, 7) is 4.02. The molecular weight excluding hydrogens is 279 g/mol. The van der Waals surface area contributed by atoms with Gasteiger partial charge in [-0.05, 0) is 6.07 Å². The van der Waals surface area contributed by atoms with Crippen molar-refractivity contribution in [2.24, 2.45) is 5.41 Å². The Bertz CT molecular complexity index is 464. The fourth-order valence-electron chi connectivity index (χ4n) is 1.22.